The summed E-state index contributed by atoms with van der Waals surface area (Å²) in [6.45, 7) is 4.24. The number of halogens is 3. The van der Waals surface area contributed by atoms with Crippen LogP contribution in [0.1, 0.15) is 25.8 Å². The highest BCUT2D eigenvalue weighted by molar-refractivity contribution is 7.86. The minimum absolute atomic E-state index is 0.0143. The maximum atomic E-state index is 15.1. The van der Waals surface area contributed by atoms with Crippen LogP contribution in [-0.2, 0) is 38.4 Å². The molecule has 2 aliphatic heterocycles. The van der Waals surface area contributed by atoms with E-state index >= 15 is 4.39 Å². The monoisotopic (exact) mass is 787 g/mol. The summed E-state index contributed by atoms with van der Waals surface area (Å²) in [5.41, 5.74) is 0.0139. The van der Waals surface area contributed by atoms with Crippen molar-refractivity contribution in [1.29, 1.82) is 0 Å². The molecule has 2 aromatic heterocycles. The van der Waals surface area contributed by atoms with E-state index in [4.69, 9.17) is 4.74 Å². The Hall–Kier alpha value is -5.83. The van der Waals surface area contributed by atoms with Crippen LogP contribution in [-0.4, -0.2) is 76.6 Å². The van der Waals surface area contributed by atoms with Gasteiger partial charge in [-0.15, -0.1) is 0 Å². The Bertz CT molecular complexity index is 2300. The van der Waals surface area contributed by atoms with Crippen LogP contribution < -0.4 is 28.1 Å². The van der Waals surface area contributed by atoms with Gasteiger partial charge in [0, 0.05) is 29.7 Å². The van der Waals surface area contributed by atoms with Gasteiger partial charge in [0.25, 0.3) is 11.8 Å². The first-order chi connectivity index (χ1) is 25.8. The Kier molecular flexibility index (Phi) is 11.3. The number of nitrogens with one attached hydrogen (secondary N) is 3. The van der Waals surface area contributed by atoms with Crippen LogP contribution in [0.25, 0.3) is 21.8 Å². The molecule has 2 amide bonds. The molecule has 3 aromatic carbocycles. The fraction of sp³-hybridized carbons (Fsp3) is 0.273. The summed E-state index contributed by atoms with van der Waals surface area (Å²) in [5.74, 6) is -3.52. The van der Waals surface area contributed by atoms with E-state index in [1.807, 2.05) is 13.8 Å². The Labute approximate surface area is 310 Å². The average Bonchev–Trinajstić information content (AvgIpc) is 3.63. The summed E-state index contributed by atoms with van der Waals surface area (Å²) in [4.78, 5) is 39.0. The number of rotatable bonds is 10. The van der Waals surface area contributed by atoms with Gasteiger partial charge in [-0.05, 0) is 48.6 Å². The molecule has 54 heavy (non-hydrogen) atoms. The number of carbonyl (C=O) groups excluding carboxylic acids is 2. The summed E-state index contributed by atoms with van der Waals surface area (Å²) in [7, 11) is 0. The maximum Gasteiger partial charge on any atom is 0.317 e. The van der Waals surface area contributed by atoms with E-state index in [2.05, 4.69) is 34.7 Å². The minimum atomic E-state index is -1.99. The zero-order valence-corrected chi connectivity index (χ0v) is 30.1. The first kappa shape index (κ1) is 37.9. The lowest BCUT2D eigenvalue weighted by molar-refractivity contribution is -0.118. The summed E-state index contributed by atoms with van der Waals surface area (Å²) in [5, 5.41) is 23.7. The van der Waals surface area contributed by atoms with Crippen molar-refractivity contribution in [3.8, 4) is 17.5 Å². The third kappa shape index (κ3) is 8.36. The molecular weight excluding hydrogens is 756 g/mol. The van der Waals surface area contributed by atoms with Crippen LogP contribution in [0.4, 0.5) is 30.5 Å². The van der Waals surface area contributed by atoms with E-state index in [0.29, 0.717) is 25.5 Å². The number of aromatic nitrogens is 4. The van der Waals surface area contributed by atoms with Gasteiger partial charge in [0.1, 0.15) is 52.8 Å². The van der Waals surface area contributed by atoms with Crippen molar-refractivity contribution in [1.82, 2.24) is 29.4 Å². The number of anilines is 3. The SMILES string of the molecule is CC(C)CCOc1ncc2cc(O)c(N3CC(=O)NS3=O)c(F)c2n1.O=C1CN(c2c(O)cc3cnc(NCCc4ccc(F)cc4)nc3c2F)S(=O)N1. The van der Waals surface area contributed by atoms with Gasteiger partial charge >= 0.3 is 6.01 Å². The van der Waals surface area contributed by atoms with Crippen LogP contribution in [0.15, 0.2) is 48.8 Å². The number of benzene rings is 3. The zero-order chi connectivity index (χ0) is 38.7. The molecule has 7 rings (SSSR count). The molecule has 0 radical (unpaired) electrons. The lowest BCUT2D eigenvalue weighted by Gasteiger charge is -2.17. The number of amides is 2. The topological polar surface area (TPSA) is 212 Å². The van der Waals surface area contributed by atoms with Crippen LogP contribution in [0.2, 0.25) is 0 Å². The second-order valence-electron chi connectivity index (χ2n) is 12.3. The van der Waals surface area contributed by atoms with E-state index in [1.165, 1.54) is 36.7 Å². The van der Waals surface area contributed by atoms with Crippen molar-refractivity contribution in [2.45, 2.75) is 26.7 Å². The number of carbonyl (C=O) groups is 2. The fourth-order valence-electron chi connectivity index (χ4n) is 5.27. The summed E-state index contributed by atoms with van der Waals surface area (Å²) >= 11 is -3.95. The molecule has 0 spiro atoms. The number of hydrogen-bond donors (Lipinski definition) is 5. The largest absolute Gasteiger partial charge is 0.506 e. The fourth-order valence-corrected chi connectivity index (χ4v) is 7.15. The molecule has 2 atom stereocenters. The van der Waals surface area contributed by atoms with Crippen molar-refractivity contribution in [3.63, 3.8) is 0 Å². The standard InChI is InChI=1S/C18H15F2N5O3S.C15H17FN4O4S/c19-12-3-1-10(2-4-12)5-6-21-18-22-8-11-7-13(26)17(15(20)16(11)23-18)25-9-14(27)24-29(25)28;1-8(2)3-4-24-15-17-6-9-5-10(21)14(12(16)13(9)18-15)20-7-11(22)19-25(20)23/h1-4,7-8,26H,5-6,9H2,(H,24,27)(H,21,22,23);5-6,8,21H,3-4,7H2,1-2H3,(H,19,22). The van der Waals surface area contributed by atoms with Gasteiger partial charge < -0.3 is 20.3 Å². The molecule has 0 bridgehead atoms. The molecule has 21 heteroatoms. The lowest BCUT2D eigenvalue weighted by Crippen LogP contribution is -2.23. The molecular formula is C33H32F3N9O7S2. The van der Waals surface area contributed by atoms with Crippen LogP contribution in [0.5, 0.6) is 17.5 Å². The number of ether oxygens (including phenoxy) is 1. The first-order valence-electron chi connectivity index (χ1n) is 16.2. The molecule has 5 N–H and O–H groups in total. The normalized spacial score (nSPS) is 16.8. The Morgan fingerprint density at radius 3 is 1.91 bits per heavy atom. The molecule has 0 aliphatic carbocycles. The molecule has 2 unspecified atom stereocenters. The highest BCUT2D eigenvalue weighted by Gasteiger charge is 2.34. The summed E-state index contributed by atoms with van der Waals surface area (Å²) in [6, 6.07) is 8.58. The predicted octanol–water partition coefficient (Wildman–Crippen LogP) is 3.20. The smallest absolute Gasteiger partial charge is 0.317 e. The van der Waals surface area contributed by atoms with Gasteiger partial charge in [0.15, 0.2) is 11.6 Å². The van der Waals surface area contributed by atoms with Gasteiger partial charge in [-0.2, -0.15) is 4.98 Å². The first-order valence-corrected chi connectivity index (χ1v) is 18.5. The lowest BCUT2D eigenvalue weighted by atomic mass is 10.1. The number of aromatic hydroxyl groups is 2. The van der Waals surface area contributed by atoms with E-state index in [0.717, 1.165) is 20.6 Å². The van der Waals surface area contributed by atoms with Crippen LogP contribution in [0.3, 0.4) is 0 Å². The maximum absolute atomic E-state index is 15.1. The highest BCUT2D eigenvalue weighted by atomic mass is 32.2. The molecule has 5 aromatic rings. The van der Waals surface area contributed by atoms with Gasteiger partial charge in [-0.3, -0.25) is 27.6 Å². The Balaban J connectivity index is 0.000000186. The predicted molar refractivity (Wildman–Crippen MR) is 193 cm³/mol. The van der Waals surface area contributed by atoms with E-state index in [9.17, 15) is 37.0 Å². The van der Waals surface area contributed by atoms with Crippen LogP contribution in [0, 0.1) is 23.4 Å². The number of nitrogens with zero attached hydrogens (tertiary/aromatic N) is 6. The summed E-state index contributed by atoms with van der Waals surface area (Å²) < 4.78 is 78.3. The molecule has 4 heterocycles. The third-order valence-corrected chi connectivity index (χ3v) is 10.2. The van der Waals surface area contributed by atoms with Gasteiger partial charge in [0.2, 0.25) is 28.3 Å². The number of hydrogen-bond acceptors (Lipinski definition) is 12. The van der Waals surface area contributed by atoms with Crippen molar-refractivity contribution in [2.24, 2.45) is 5.92 Å². The summed E-state index contributed by atoms with van der Waals surface area (Å²) in [6.07, 6.45) is 4.06. The van der Waals surface area contributed by atoms with Crippen molar-refractivity contribution >= 4 is 73.3 Å². The molecule has 2 fully saturated rings. The molecule has 16 nitrogen and oxygen atoms in total. The minimum Gasteiger partial charge on any atom is -0.506 e. The van der Waals surface area contributed by atoms with Gasteiger partial charge in [-0.1, -0.05) is 26.0 Å². The van der Waals surface area contributed by atoms with Gasteiger partial charge in [0.05, 0.1) is 6.61 Å². The zero-order valence-electron chi connectivity index (χ0n) is 28.5. The second kappa shape index (κ2) is 16.0. The molecule has 2 saturated heterocycles. The second-order valence-corrected chi connectivity index (χ2v) is 14.6. The third-order valence-electron chi connectivity index (χ3n) is 7.93. The van der Waals surface area contributed by atoms with Crippen molar-refractivity contribution in [3.05, 3.63) is 71.8 Å². The number of phenolic OH excluding ortho intramolecular Hbond substituents is 2. The van der Waals surface area contributed by atoms with E-state index < -0.39 is 57.3 Å². The van der Waals surface area contributed by atoms with Crippen molar-refractivity contribution < 1.29 is 46.1 Å². The Morgan fingerprint density at radius 2 is 1.39 bits per heavy atom. The quantitative estimate of drug-likeness (QED) is 0.138. The van der Waals surface area contributed by atoms with Gasteiger partial charge in [-0.25, -0.2) is 36.5 Å². The molecule has 0 saturated carbocycles. The molecule has 2 aliphatic rings. The number of fused-ring (bicyclic) bond motifs is 2. The average molecular weight is 788 g/mol. The molecule has 284 valence electrons. The Morgan fingerprint density at radius 1 is 0.852 bits per heavy atom. The van der Waals surface area contributed by atoms with Crippen molar-refractivity contribution in [2.75, 3.05) is 40.2 Å². The highest BCUT2D eigenvalue weighted by Crippen LogP contribution is 2.38. The van der Waals surface area contributed by atoms with Crippen LogP contribution >= 0.6 is 0 Å². The van der Waals surface area contributed by atoms with E-state index in [-0.39, 0.29) is 64.0 Å². The number of phenols is 2. The van der Waals surface area contributed by atoms with E-state index in [1.54, 1.807) is 12.1 Å².